The lowest BCUT2D eigenvalue weighted by Gasteiger charge is -2.41. The number of piperidine rings is 1. The van der Waals surface area contributed by atoms with E-state index in [1.807, 2.05) is 9.80 Å². The van der Waals surface area contributed by atoms with E-state index in [0.29, 0.717) is 32.0 Å². The summed E-state index contributed by atoms with van der Waals surface area (Å²) in [5.74, 6) is 0.568. The van der Waals surface area contributed by atoms with Crippen LogP contribution in [-0.2, 0) is 14.4 Å². The van der Waals surface area contributed by atoms with Gasteiger partial charge in [0, 0.05) is 32.6 Å². The Morgan fingerprint density at radius 2 is 1.89 bits per heavy atom. The number of nitrogens with one attached hydrogen (secondary N) is 1. The molecule has 2 saturated heterocycles. The molecule has 0 radical (unpaired) electrons. The van der Waals surface area contributed by atoms with Crippen LogP contribution in [0.5, 0.6) is 0 Å². The van der Waals surface area contributed by atoms with Gasteiger partial charge in [-0.15, -0.1) is 0 Å². The Morgan fingerprint density at radius 1 is 1.21 bits per heavy atom. The van der Waals surface area contributed by atoms with Gasteiger partial charge < -0.3 is 20.9 Å². The summed E-state index contributed by atoms with van der Waals surface area (Å²) in [5.41, 5.74) is 5.31. The molecule has 0 spiro atoms. The van der Waals surface area contributed by atoms with Crippen molar-refractivity contribution in [2.24, 2.45) is 17.6 Å². The average molecular weight is 395 g/mol. The Bertz CT molecular complexity index is 544. The van der Waals surface area contributed by atoms with Crippen molar-refractivity contribution >= 4 is 17.7 Å². The van der Waals surface area contributed by atoms with Gasteiger partial charge in [0.05, 0.1) is 6.04 Å². The van der Waals surface area contributed by atoms with Crippen LogP contribution in [0, 0.1) is 11.8 Å². The predicted octanol–water partition coefficient (Wildman–Crippen LogP) is 1.51. The number of rotatable bonds is 9. The van der Waals surface area contributed by atoms with Crippen LogP contribution < -0.4 is 11.1 Å². The zero-order chi connectivity index (χ0) is 20.7. The molecule has 160 valence electrons. The number of carbonyl (C=O) groups excluding carboxylic acids is 3. The Kier molecular flexibility index (Phi) is 8.73. The SMILES string of the molecule is CCCC[C@@H](C(=O)N1CCC(CC(N)=O)CC1)N1CCN[C@@H](CC(C)C)C1=O. The van der Waals surface area contributed by atoms with E-state index in [9.17, 15) is 14.4 Å². The van der Waals surface area contributed by atoms with Crippen molar-refractivity contribution < 1.29 is 14.4 Å². The molecule has 0 aromatic carbocycles. The van der Waals surface area contributed by atoms with Crippen molar-refractivity contribution in [1.82, 2.24) is 15.1 Å². The topological polar surface area (TPSA) is 95.7 Å². The lowest BCUT2D eigenvalue weighted by atomic mass is 9.92. The van der Waals surface area contributed by atoms with Gasteiger partial charge in [0.2, 0.25) is 17.7 Å². The number of carbonyl (C=O) groups is 3. The first kappa shape index (κ1) is 22.7. The Balaban J connectivity index is 2.04. The Hall–Kier alpha value is -1.63. The van der Waals surface area contributed by atoms with Gasteiger partial charge in [-0.1, -0.05) is 33.6 Å². The van der Waals surface area contributed by atoms with Crippen LogP contribution in [0.25, 0.3) is 0 Å². The molecule has 0 bridgehead atoms. The minimum atomic E-state index is -0.364. The zero-order valence-electron chi connectivity index (χ0n) is 17.8. The number of hydrogen-bond acceptors (Lipinski definition) is 4. The molecule has 3 N–H and O–H groups in total. The smallest absolute Gasteiger partial charge is 0.245 e. The molecule has 0 unspecified atom stereocenters. The van der Waals surface area contributed by atoms with Gasteiger partial charge in [-0.3, -0.25) is 14.4 Å². The third-order valence-electron chi connectivity index (χ3n) is 5.94. The molecule has 0 saturated carbocycles. The normalized spacial score (nSPS) is 22.6. The summed E-state index contributed by atoms with van der Waals surface area (Å²) >= 11 is 0. The van der Waals surface area contributed by atoms with Gasteiger partial charge in [-0.2, -0.15) is 0 Å². The van der Waals surface area contributed by atoms with E-state index >= 15 is 0 Å². The van der Waals surface area contributed by atoms with Crippen LogP contribution in [-0.4, -0.2) is 65.8 Å². The van der Waals surface area contributed by atoms with Crippen LogP contribution in [0.15, 0.2) is 0 Å². The first-order valence-corrected chi connectivity index (χ1v) is 10.9. The first-order chi connectivity index (χ1) is 13.3. The number of primary amides is 1. The van der Waals surface area contributed by atoms with Crippen molar-refractivity contribution in [1.29, 1.82) is 0 Å². The zero-order valence-corrected chi connectivity index (χ0v) is 17.8. The van der Waals surface area contributed by atoms with E-state index in [-0.39, 0.29) is 35.7 Å². The van der Waals surface area contributed by atoms with Crippen molar-refractivity contribution in [3.63, 3.8) is 0 Å². The van der Waals surface area contributed by atoms with Gasteiger partial charge in [0.15, 0.2) is 0 Å². The fourth-order valence-electron chi connectivity index (χ4n) is 4.38. The number of hydrogen-bond donors (Lipinski definition) is 2. The lowest BCUT2D eigenvalue weighted by molar-refractivity contribution is -0.150. The highest BCUT2D eigenvalue weighted by Gasteiger charge is 2.38. The number of nitrogens with two attached hydrogens (primary N) is 1. The maximum absolute atomic E-state index is 13.3. The minimum Gasteiger partial charge on any atom is -0.370 e. The monoisotopic (exact) mass is 394 g/mol. The van der Waals surface area contributed by atoms with Crippen LogP contribution in [0.1, 0.15) is 65.7 Å². The summed E-state index contributed by atoms with van der Waals surface area (Å²) in [6.45, 7) is 8.96. The Labute approximate surface area is 169 Å². The van der Waals surface area contributed by atoms with Crippen LogP contribution in [0.3, 0.4) is 0 Å². The van der Waals surface area contributed by atoms with E-state index in [1.54, 1.807) is 0 Å². The fourth-order valence-corrected chi connectivity index (χ4v) is 4.38. The third-order valence-corrected chi connectivity index (χ3v) is 5.94. The highest BCUT2D eigenvalue weighted by atomic mass is 16.2. The summed E-state index contributed by atoms with van der Waals surface area (Å²) < 4.78 is 0. The molecule has 2 rings (SSSR count). The standard InChI is InChI=1S/C21H38N4O3/c1-4-5-6-18(25-12-9-23-17(20(25)27)13-15(2)3)21(28)24-10-7-16(8-11-24)14-19(22)26/h15-18,23H,4-14H2,1-3H3,(H2,22,26)/t17-,18-/m0/s1. The molecule has 2 fully saturated rings. The molecule has 2 aliphatic heterocycles. The van der Waals surface area contributed by atoms with E-state index < -0.39 is 0 Å². The predicted molar refractivity (Wildman–Crippen MR) is 109 cm³/mol. The maximum Gasteiger partial charge on any atom is 0.245 e. The summed E-state index contributed by atoms with van der Waals surface area (Å²) in [4.78, 5) is 41.3. The second kappa shape index (κ2) is 10.8. The number of unbranched alkanes of at least 4 members (excludes halogenated alkanes) is 1. The highest BCUT2D eigenvalue weighted by Crippen LogP contribution is 2.24. The molecular weight excluding hydrogens is 356 g/mol. The quantitative estimate of drug-likeness (QED) is 0.619. The van der Waals surface area contributed by atoms with Gasteiger partial charge in [0.25, 0.3) is 0 Å². The van der Waals surface area contributed by atoms with Gasteiger partial charge in [-0.05, 0) is 37.5 Å². The second-order valence-electron chi connectivity index (χ2n) is 8.77. The average Bonchev–Trinajstić information content (AvgIpc) is 2.64. The van der Waals surface area contributed by atoms with Crippen molar-refractivity contribution in [2.75, 3.05) is 26.2 Å². The van der Waals surface area contributed by atoms with Crippen LogP contribution >= 0.6 is 0 Å². The van der Waals surface area contributed by atoms with Crippen molar-refractivity contribution in [3.05, 3.63) is 0 Å². The maximum atomic E-state index is 13.3. The second-order valence-corrected chi connectivity index (χ2v) is 8.77. The third kappa shape index (κ3) is 6.19. The molecular formula is C21H38N4O3. The number of piperazine rings is 1. The van der Waals surface area contributed by atoms with E-state index in [2.05, 4.69) is 26.1 Å². The molecule has 2 heterocycles. The van der Waals surface area contributed by atoms with E-state index in [1.165, 1.54) is 0 Å². The minimum absolute atomic E-state index is 0.0676. The molecule has 2 aliphatic rings. The van der Waals surface area contributed by atoms with Gasteiger partial charge in [-0.25, -0.2) is 0 Å². The number of amides is 3. The van der Waals surface area contributed by atoms with E-state index in [4.69, 9.17) is 5.73 Å². The van der Waals surface area contributed by atoms with Gasteiger partial charge >= 0.3 is 0 Å². The molecule has 7 nitrogen and oxygen atoms in total. The van der Waals surface area contributed by atoms with Gasteiger partial charge in [0.1, 0.15) is 6.04 Å². The van der Waals surface area contributed by atoms with Crippen molar-refractivity contribution in [2.45, 2.75) is 77.8 Å². The molecule has 0 aliphatic carbocycles. The highest BCUT2D eigenvalue weighted by molar-refractivity contribution is 5.90. The molecule has 2 atom stereocenters. The van der Waals surface area contributed by atoms with Crippen molar-refractivity contribution in [3.8, 4) is 0 Å². The summed E-state index contributed by atoms with van der Waals surface area (Å²) in [5, 5.41) is 3.32. The molecule has 0 aromatic heterocycles. The lowest BCUT2D eigenvalue weighted by Crippen LogP contribution is -2.62. The molecule has 3 amide bonds. The van der Waals surface area contributed by atoms with Crippen LogP contribution in [0.2, 0.25) is 0 Å². The van der Waals surface area contributed by atoms with E-state index in [0.717, 1.165) is 45.1 Å². The fraction of sp³-hybridized carbons (Fsp3) is 0.857. The van der Waals surface area contributed by atoms with Crippen LogP contribution in [0.4, 0.5) is 0 Å². The molecule has 7 heteroatoms. The number of likely N-dealkylation sites (tertiary alicyclic amines) is 1. The molecule has 0 aromatic rings. The number of nitrogens with zero attached hydrogens (tertiary/aromatic N) is 2. The Morgan fingerprint density at radius 3 is 2.46 bits per heavy atom. The summed E-state index contributed by atoms with van der Waals surface area (Å²) in [6, 6.07) is -0.552. The largest absolute Gasteiger partial charge is 0.370 e. The first-order valence-electron chi connectivity index (χ1n) is 10.9. The molecule has 28 heavy (non-hydrogen) atoms. The summed E-state index contributed by atoms with van der Waals surface area (Å²) in [7, 11) is 0. The summed E-state index contributed by atoms with van der Waals surface area (Å²) in [6.07, 6.45) is 5.45.